The summed E-state index contributed by atoms with van der Waals surface area (Å²) < 4.78 is 0. The Kier molecular flexibility index (Phi) is 3.57. The van der Waals surface area contributed by atoms with E-state index >= 15 is 0 Å². The van der Waals surface area contributed by atoms with Gasteiger partial charge in [-0.25, -0.2) is 0 Å². The van der Waals surface area contributed by atoms with E-state index in [-0.39, 0.29) is 0 Å². The minimum absolute atomic E-state index is 0.447. The van der Waals surface area contributed by atoms with Gasteiger partial charge >= 0.3 is 0 Å². The molecule has 0 saturated carbocycles. The lowest BCUT2D eigenvalue weighted by Gasteiger charge is -2.17. The van der Waals surface area contributed by atoms with E-state index < -0.39 is 0 Å². The van der Waals surface area contributed by atoms with Gasteiger partial charge < -0.3 is 5.32 Å². The first kappa shape index (κ1) is 11.8. The van der Waals surface area contributed by atoms with Crippen molar-refractivity contribution in [2.45, 2.75) is 33.2 Å². The SMILES string of the molecule is CC(C)CC(C)Nc1cnnc2ccccc12. The normalized spacial score (nSPS) is 12.9. The van der Waals surface area contributed by atoms with Crippen LogP contribution in [-0.4, -0.2) is 16.2 Å². The van der Waals surface area contributed by atoms with Crippen molar-refractivity contribution in [2.75, 3.05) is 5.32 Å². The molecule has 2 rings (SSSR count). The van der Waals surface area contributed by atoms with E-state index in [0.717, 1.165) is 23.0 Å². The highest BCUT2D eigenvalue weighted by Crippen LogP contribution is 2.21. The zero-order chi connectivity index (χ0) is 12.3. The van der Waals surface area contributed by atoms with Gasteiger partial charge in [-0.05, 0) is 25.3 Å². The Bertz CT molecular complexity index is 488. The molecule has 0 aliphatic carbocycles. The largest absolute Gasteiger partial charge is 0.381 e. The van der Waals surface area contributed by atoms with Gasteiger partial charge in [-0.2, -0.15) is 10.2 Å². The van der Waals surface area contributed by atoms with Crippen LogP contribution in [0.2, 0.25) is 0 Å². The van der Waals surface area contributed by atoms with Crippen LogP contribution < -0.4 is 5.32 Å². The molecule has 90 valence electrons. The molecule has 2 aromatic rings. The lowest BCUT2D eigenvalue weighted by molar-refractivity contribution is 0.540. The summed E-state index contributed by atoms with van der Waals surface area (Å²) in [6, 6.07) is 8.53. The van der Waals surface area contributed by atoms with Gasteiger partial charge in [-0.1, -0.05) is 32.0 Å². The monoisotopic (exact) mass is 229 g/mol. The molecular weight excluding hydrogens is 210 g/mol. The van der Waals surface area contributed by atoms with Crippen molar-refractivity contribution in [3.05, 3.63) is 30.5 Å². The molecule has 0 aliphatic rings. The second-order valence-electron chi connectivity index (χ2n) is 4.95. The van der Waals surface area contributed by atoms with Crippen LogP contribution >= 0.6 is 0 Å². The summed E-state index contributed by atoms with van der Waals surface area (Å²) in [5.74, 6) is 0.693. The van der Waals surface area contributed by atoms with Crippen molar-refractivity contribution >= 4 is 16.6 Å². The Morgan fingerprint density at radius 3 is 2.71 bits per heavy atom. The molecule has 1 atom stereocenters. The van der Waals surface area contributed by atoms with Crippen molar-refractivity contribution < 1.29 is 0 Å². The van der Waals surface area contributed by atoms with Gasteiger partial charge in [0.1, 0.15) is 0 Å². The number of nitrogens with zero attached hydrogens (tertiary/aromatic N) is 2. The Hall–Kier alpha value is -1.64. The van der Waals surface area contributed by atoms with Crippen LogP contribution in [0.4, 0.5) is 5.69 Å². The average Bonchev–Trinajstić information content (AvgIpc) is 2.28. The number of anilines is 1. The minimum Gasteiger partial charge on any atom is -0.381 e. The second kappa shape index (κ2) is 5.13. The van der Waals surface area contributed by atoms with Crippen molar-refractivity contribution in [2.24, 2.45) is 5.92 Å². The molecular formula is C14H19N3. The number of hydrogen-bond donors (Lipinski definition) is 1. The van der Waals surface area contributed by atoms with Crippen LogP contribution in [0, 0.1) is 5.92 Å². The molecule has 0 spiro atoms. The molecule has 1 heterocycles. The maximum Gasteiger partial charge on any atom is 0.0950 e. The topological polar surface area (TPSA) is 37.8 Å². The molecule has 3 heteroatoms. The molecule has 1 aromatic heterocycles. The molecule has 0 aliphatic heterocycles. The zero-order valence-electron chi connectivity index (χ0n) is 10.6. The number of fused-ring (bicyclic) bond motifs is 1. The Morgan fingerprint density at radius 1 is 1.18 bits per heavy atom. The standard InChI is InChI=1S/C14H19N3/c1-10(2)8-11(3)16-14-9-15-17-13-7-5-4-6-12(13)14/h4-7,9-11H,8H2,1-3H3,(H,16,17). The van der Waals surface area contributed by atoms with E-state index in [1.807, 2.05) is 18.2 Å². The average molecular weight is 229 g/mol. The van der Waals surface area contributed by atoms with Gasteiger partial charge in [0.15, 0.2) is 0 Å². The van der Waals surface area contributed by atoms with Gasteiger partial charge in [0, 0.05) is 11.4 Å². The van der Waals surface area contributed by atoms with E-state index in [1.54, 1.807) is 6.20 Å². The summed E-state index contributed by atoms with van der Waals surface area (Å²) in [7, 11) is 0. The Balaban J connectivity index is 2.24. The Morgan fingerprint density at radius 2 is 1.94 bits per heavy atom. The smallest absolute Gasteiger partial charge is 0.0950 e. The van der Waals surface area contributed by atoms with Gasteiger partial charge in [0.05, 0.1) is 17.4 Å². The van der Waals surface area contributed by atoms with E-state index in [2.05, 4.69) is 42.4 Å². The lowest BCUT2D eigenvalue weighted by Crippen LogP contribution is -2.17. The summed E-state index contributed by atoms with van der Waals surface area (Å²) in [5.41, 5.74) is 2.01. The summed E-state index contributed by atoms with van der Waals surface area (Å²) in [4.78, 5) is 0. The number of rotatable bonds is 4. The fraction of sp³-hybridized carbons (Fsp3) is 0.429. The lowest BCUT2D eigenvalue weighted by atomic mass is 10.0. The van der Waals surface area contributed by atoms with Crippen molar-refractivity contribution in [3.8, 4) is 0 Å². The molecule has 0 saturated heterocycles. The third-order valence-electron chi connectivity index (χ3n) is 2.77. The van der Waals surface area contributed by atoms with E-state index in [1.165, 1.54) is 0 Å². The molecule has 3 nitrogen and oxygen atoms in total. The Labute approximate surface area is 102 Å². The molecule has 1 N–H and O–H groups in total. The highest BCUT2D eigenvalue weighted by molar-refractivity contribution is 5.90. The summed E-state index contributed by atoms with van der Waals surface area (Å²) in [6.07, 6.45) is 2.95. The van der Waals surface area contributed by atoms with E-state index in [0.29, 0.717) is 12.0 Å². The van der Waals surface area contributed by atoms with Crippen LogP contribution in [0.1, 0.15) is 27.2 Å². The minimum atomic E-state index is 0.447. The predicted octanol–water partition coefficient (Wildman–Crippen LogP) is 3.48. The van der Waals surface area contributed by atoms with E-state index in [4.69, 9.17) is 0 Å². The highest BCUT2D eigenvalue weighted by atomic mass is 15.1. The third-order valence-corrected chi connectivity index (χ3v) is 2.77. The summed E-state index contributed by atoms with van der Waals surface area (Å²) in [6.45, 7) is 6.68. The zero-order valence-corrected chi connectivity index (χ0v) is 10.6. The highest BCUT2D eigenvalue weighted by Gasteiger charge is 2.07. The van der Waals surface area contributed by atoms with Gasteiger partial charge in [-0.3, -0.25) is 0 Å². The molecule has 0 radical (unpaired) electrons. The second-order valence-corrected chi connectivity index (χ2v) is 4.95. The maximum atomic E-state index is 4.12. The first-order valence-corrected chi connectivity index (χ1v) is 6.14. The number of aromatic nitrogens is 2. The number of nitrogens with one attached hydrogen (secondary N) is 1. The number of hydrogen-bond acceptors (Lipinski definition) is 3. The number of benzene rings is 1. The van der Waals surface area contributed by atoms with Crippen LogP contribution in [0.15, 0.2) is 30.5 Å². The van der Waals surface area contributed by atoms with Gasteiger partial charge in [0.25, 0.3) is 0 Å². The summed E-state index contributed by atoms with van der Waals surface area (Å²) >= 11 is 0. The maximum absolute atomic E-state index is 4.12. The molecule has 0 bridgehead atoms. The predicted molar refractivity (Wildman–Crippen MR) is 72.1 cm³/mol. The fourth-order valence-electron chi connectivity index (χ4n) is 2.15. The quantitative estimate of drug-likeness (QED) is 0.872. The molecule has 1 unspecified atom stereocenters. The summed E-state index contributed by atoms with van der Waals surface area (Å²) in [5, 5.41) is 12.8. The first-order valence-electron chi connectivity index (χ1n) is 6.14. The molecule has 17 heavy (non-hydrogen) atoms. The van der Waals surface area contributed by atoms with E-state index in [9.17, 15) is 0 Å². The fourth-order valence-corrected chi connectivity index (χ4v) is 2.15. The van der Waals surface area contributed by atoms with Crippen LogP contribution in [0.5, 0.6) is 0 Å². The van der Waals surface area contributed by atoms with Crippen molar-refractivity contribution in [1.29, 1.82) is 0 Å². The molecule has 0 amide bonds. The van der Waals surface area contributed by atoms with Crippen molar-refractivity contribution in [1.82, 2.24) is 10.2 Å². The van der Waals surface area contributed by atoms with Gasteiger partial charge in [0.2, 0.25) is 0 Å². The van der Waals surface area contributed by atoms with Crippen LogP contribution in [-0.2, 0) is 0 Å². The molecule has 0 fully saturated rings. The van der Waals surface area contributed by atoms with Crippen molar-refractivity contribution in [3.63, 3.8) is 0 Å². The van der Waals surface area contributed by atoms with Crippen LogP contribution in [0.3, 0.4) is 0 Å². The van der Waals surface area contributed by atoms with Crippen LogP contribution in [0.25, 0.3) is 10.9 Å². The molecule has 1 aromatic carbocycles. The van der Waals surface area contributed by atoms with Gasteiger partial charge in [-0.15, -0.1) is 0 Å². The third kappa shape index (κ3) is 2.93. The first-order chi connectivity index (χ1) is 8.16.